The topological polar surface area (TPSA) is 58.7 Å². The molecule has 0 saturated carbocycles. The van der Waals surface area contributed by atoms with Gasteiger partial charge in [-0.2, -0.15) is 5.10 Å². The van der Waals surface area contributed by atoms with Crippen LogP contribution in [-0.2, 0) is 0 Å². The highest BCUT2D eigenvalue weighted by Crippen LogP contribution is 2.12. The number of benzene rings is 2. The maximum atomic E-state index is 12.1. The largest absolute Gasteiger partial charge is 0.398 e. The second-order valence-corrected chi connectivity index (χ2v) is 4.07. The average Bonchev–Trinajstić information content (AvgIpc) is 2.45. The van der Waals surface area contributed by atoms with Crippen LogP contribution in [0.2, 0.25) is 0 Å². The lowest BCUT2D eigenvalue weighted by Crippen LogP contribution is -2.22. The molecule has 0 atom stereocenters. The zero-order valence-electron chi connectivity index (χ0n) is 10.7. The average molecular weight is 253 g/mol. The summed E-state index contributed by atoms with van der Waals surface area (Å²) in [5, 5.41) is 5.39. The molecule has 0 aliphatic heterocycles. The molecule has 4 nitrogen and oxygen atoms in total. The Morgan fingerprint density at radius 2 is 1.74 bits per heavy atom. The van der Waals surface area contributed by atoms with Crippen LogP contribution in [0.5, 0.6) is 0 Å². The maximum absolute atomic E-state index is 12.1. The lowest BCUT2D eigenvalue weighted by atomic mass is 10.1. The van der Waals surface area contributed by atoms with Gasteiger partial charge in [0, 0.05) is 12.7 Å². The van der Waals surface area contributed by atoms with Crippen molar-refractivity contribution in [2.24, 2.45) is 5.10 Å². The SMILES string of the molecule is CN(/N=C/c1ccccc1)C(=O)c1ccccc1N. The molecule has 0 aliphatic carbocycles. The van der Waals surface area contributed by atoms with Crippen molar-refractivity contribution in [3.05, 3.63) is 65.7 Å². The first kappa shape index (κ1) is 12.8. The molecule has 0 heterocycles. The van der Waals surface area contributed by atoms with E-state index < -0.39 is 0 Å². The van der Waals surface area contributed by atoms with E-state index in [1.165, 1.54) is 5.01 Å². The molecule has 0 aromatic heterocycles. The van der Waals surface area contributed by atoms with Crippen LogP contribution in [-0.4, -0.2) is 24.2 Å². The smallest absolute Gasteiger partial charge is 0.275 e. The summed E-state index contributed by atoms with van der Waals surface area (Å²) in [5.41, 5.74) is 7.61. The molecular weight excluding hydrogens is 238 g/mol. The summed E-state index contributed by atoms with van der Waals surface area (Å²) in [6.07, 6.45) is 1.64. The van der Waals surface area contributed by atoms with Crippen molar-refractivity contribution in [3.63, 3.8) is 0 Å². The Bertz CT molecular complexity index is 593. The minimum absolute atomic E-state index is 0.231. The highest BCUT2D eigenvalue weighted by molar-refractivity contribution is 5.99. The molecule has 2 rings (SSSR count). The normalized spacial score (nSPS) is 10.6. The van der Waals surface area contributed by atoms with Crippen LogP contribution in [0.4, 0.5) is 5.69 Å². The van der Waals surface area contributed by atoms with Crippen LogP contribution in [0.1, 0.15) is 15.9 Å². The molecule has 0 unspecified atom stereocenters. The summed E-state index contributed by atoms with van der Waals surface area (Å²) in [6, 6.07) is 16.5. The minimum Gasteiger partial charge on any atom is -0.398 e. The van der Waals surface area contributed by atoms with Gasteiger partial charge in [0.1, 0.15) is 0 Å². The number of carbonyl (C=O) groups is 1. The zero-order chi connectivity index (χ0) is 13.7. The summed E-state index contributed by atoms with van der Waals surface area (Å²) in [7, 11) is 1.61. The molecule has 0 radical (unpaired) electrons. The molecule has 19 heavy (non-hydrogen) atoms. The minimum atomic E-state index is -0.231. The van der Waals surface area contributed by atoms with Gasteiger partial charge in [0.15, 0.2) is 0 Å². The summed E-state index contributed by atoms with van der Waals surface area (Å²) in [4.78, 5) is 12.1. The number of hydrazone groups is 1. The molecule has 0 saturated heterocycles. The predicted molar refractivity (Wildman–Crippen MR) is 77.0 cm³/mol. The first-order valence-electron chi connectivity index (χ1n) is 5.90. The number of rotatable bonds is 3. The van der Waals surface area contributed by atoms with E-state index >= 15 is 0 Å². The Morgan fingerprint density at radius 3 is 2.42 bits per heavy atom. The van der Waals surface area contributed by atoms with Gasteiger partial charge in [-0.3, -0.25) is 4.79 Å². The quantitative estimate of drug-likeness (QED) is 0.518. The van der Waals surface area contributed by atoms with Crippen molar-refractivity contribution in [3.8, 4) is 0 Å². The van der Waals surface area contributed by atoms with Crippen LogP contribution in [0.15, 0.2) is 59.7 Å². The molecule has 0 bridgehead atoms. The van der Waals surface area contributed by atoms with Gasteiger partial charge in [0.05, 0.1) is 11.8 Å². The van der Waals surface area contributed by atoms with Gasteiger partial charge < -0.3 is 5.73 Å². The van der Waals surface area contributed by atoms with Crippen LogP contribution < -0.4 is 5.73 Å². The van der Waals surface area contributed by atoms with E-state index in [0.717, 1.165) is 5.56 Å². The Kier molecular flexibility index (Phi) is 3.93. The Labute approximate surface area is 112 Å². The number of nitrogens with zero attached hydrogens (tertiary/aromatic N) is 2. The second-order valence-electron chi connectivity index (χ2n) is 4.07. The van der Waals surface area contributed by atoms with Gasteiger partial charge in [-0.1, -0.05) is 42.5 Å². The molecule has 1 amide bonds. The number of anilines is 1. The van der Waals surface area contributed by atoms with Crippen molar-refractivity contribution in [2.75, 3.05) is 12.8 Å². The molecule has 2 aromatic carbocycles. The van der Waals surface area contributed by atoms with E-state index in [0.29, 0.717) is 11.3 Å². The van der Waals surface area contributed by atoms with E-state index in [9.17, 15) is 4.79 Å². The highest BCUT2D eigenvalue weighted by atomic mass is 16.2. The van der Waals surface area contributed by atoms with Gasteiger partial charge in [0.2, 0.25) is 0 Å². The van der Waals surface area contributed by atoms with E-state index in [1.807, 2.05) is 30.3 Å². The van der Waals surface area contributed by atoms with Crippen LogP contribution in [0, 0.1) is 0 Å². The van der Waals surface area contributed by atoms with E-state index in [4.69, 9.17) is 5.73 Å². The Hall–Kier alpha value is -2.62. The van der Waals surface area contributed by atoms with Gasteiger partial charge in [-0.05, 0) is 17.7 Å². The third kappa shape index (κ3) is 3.19. The van der Waals surface area contributed by atoms with E-state index in [-0.39, 0.29) is 5.91 Å². The van der Waals surface area contributed by atoms with Gasteiger partial charge >= 0.3 is 0 Å². The predicted octanol–water partition coefficient (Wildman–Crippen LogP) is 2.37. The van der Waals surface area contributed by atoms with Crippen molar-refractivity contribution >= 4 is 17.8 Å². The molecule has 0 spiro atoms. The zero-order valence-corrected chi connectivity index (χ0v) is 10.7. The lowest BCUT2D eigenvalue weighted by Gasteiger charge is -2.12. The number of amides is 1. The molecule has 0 aliphatic rings. The fourth-order valence-electron chi connectivity index (χ4n) is 1.61. The number of hydrogen-bond donors (Lipinski definition) is 1. The maximum Gasteiger partial charge on any atom is 0.275 e. The van der Waals surface area contributed by atoms with Crippen LogP contribution in [0.3, 0.4) is 0 Å². The monoisotopic (exact) mass is 253 g/mol. The van der Waals surface area contributed by atoms with Crippen molar-refractivity contribution < 1.29 is 4.79 Å². The fourth-order valence-corrected chi connectivity index (χ4v) is 1.61. The van der Waals surface area contributed by atoms with Crippen molar-refractivity contribution in [1.82, 2.24) is 5.01 Å². The van der Waals surface area contributed by atoms with Gasteiger partial charge in [0.25, 0.3) is 5.91 Å². The first-order chi connectivity index (χ1) is 9.18. The van der Waals surface area contributed by atoms with Crippen LogP contribution in [0.25, 0.3) is 0 Å². The van der Waals surface area contributed by atoms with E-state index in [2.05, 4.69) is 5.10 Å². The molecular formula is C15H15N3O. The van der Waals surface area contributed by atoms with E-state index in [1.54, 1.807) is 37.5 Å². The second kappa shape index (κ2) is 5.82. The fraction of sp³-hybridized carbons (Fsp3) is 0.0667. The standard InChI is InChI=1S/C15H15N3O/c1-18(17-11-12-7-3-2-4-8-12)15(19)13-9-5-6-10-14(13)16/h2-11H,16H2,1H3/b17-11+. The lowest BCUT2D eigenvalue weighted by molar-refractivity contribution is 0.0801. The molecule has 2 N–H and O–H groups in total. The van der Waals surface area contributed by atoms with Crippen LogP contribution >= 0.6 is 0 Å². The van der Waals surface area contributed by atoms with Crippen molar-refractivity contribution in [1.29, 1.82) is 0 Å². The Morgan fingerprint density at radius 1 is 1.11 bits per heavy atom. The number of carbonyl (C=O) groups excluding carboxylic acids is 1. The Balaban J connectivity index is 2.13. The van der Waals surface area contributed by atoms with Crippen molar-refractivity contribution in [2.45, 2.75) is 0 Å². The molecule has 4 heteroatoms. The third-order valence-electron chi connectivity index (χ3n) is 2.66. The van der Waals surface area contributed by atoms with Gasteiger partial charge in [-0.15, -0.1) is 0 Å². The summed E-state index contributed by atoms with van der Waals surface area (Å²) < 4.78 is 0. The highest BCUT2D eigenvalue weighted by Gasteiger charge is 2.12. The number of hydrogen-bond acceptors (Lipinski definition) is 3. The number of nitrogen functional groups attached to an aromatic ring is 1. The summed E-state index contributed by atoms with van der Waals surface area (Å²) >= 11 is 0. The molecule has 0 fully saturated rings. The summed E-state index contributed by atoms with van der Waals surface area (Å²) in [6.45, 7) is 0. The number of para-hydroxylation sites is 1. The molecule has 96 valence electrons. The third-order valence-corrected chi connectivity index (χ3v) is 2.66. The first-order valence-corrected chi connectivity index (χ1v) is 5.90. The van der Waals surface area contributed by atoms with Gasteiger partial charge in [-0.25, -0.2) is 5.01 Å². The number of nitrogens with two attached hydrogens (primary N) is 1. The molecule has 2 aromatic rings. The summed E-state index contributed by atoms with van der Waals surface area (Å²) in [5.74, 6) is -0.231.